The zero-order valence-corrected chi connectivity index (χ0v) is 31.7. The second kappa shape index (κ2) is 18.3. The van der Waals surface area contributed by atoms with Gasteiger partial charge in [0, 0.05) is 23.3 Å². The van der Waals surface area contributed by atoms with E-state index in [1.54, 1.807) is 0 Å². The molecule has 0 amide bonds. The first kappa shape index (κ1) is 37.2. The summed E-state index contributed by atoms with van der Waals surface area (Å²) in [6, 6.07) is 57.7. The van der Waals surface area contributed by atoms with Gasteiger partial charge in [-0.2, -0.15) is 0 Å². The lowest BCUT2D eigenvalue weighted by atomic mass is 9.92. The summed E-state index contributed by atoms with van der Waals surface area (Å²) in [6.07, 6.45) is -0.0411. The molecule has 0 saturated carbocycles. The lowest BCUT2D eigenvalue weighted by Gasteiger charge is -2.33. The highest BCUT2D eigenvalue weighted by Crippen LogP contribution is 2.47. The molecule has 7 heteroatoms. The average Bonchev–Trinajstić information content (AvgIpc) is 3.27. The Bertz CT molecular complexity index is 2260. The molecule has 0 spiro atoms. The Morgan fingerprint density at radius 1 is 0.439 bits per heavy atom. The molecule has 7 aromatic rings. The van der Waals surface area contributed by atoms with Gasteiger partial charge in [0.15, 0.2) is 11.5 Å². The molecule has 0 saturated heterocycles. The standard InChI is InChI=1S/C50H45NO6/c51-44-30-43-45(53-32-37-18-8-2-9-19-37)28-42(52-31-36-16-6-1-7-17-36)29-46(43)57-49(44)41-26-47(54-33-38-20-10-3-11-21-38)50(56-35-40-24-14-5-15-25-40)48(27-41)55-34-39-22-12-4-13-23-39/h1-29,44,49H,30-35,51H2/t44-,49-/m0/s1. The summed E-state index contributed by atoms with van der Waals surface area (Å²) in [4.78, 5) is 0. The van der Waals surface area contributed by atoms with Crippen LogP contribution in [0.15, 0.2) is 176 Å². The third-order valence-electron chi connectivity index (χ3n) is 9.78. The fourth-order valence-corrected chi connectivity index (χ4v) is 6.79. The number of ether oxygens (including phenoxy) is 6. The SMILES string of the molecule is N[C@H]1Cc2c(OCc3ccccc3)cc(OCc3ccccc3)cc2O[C@H]1c1cc(OCc2ccccc2)c(OCc2ccccc2)c(OCc2ccccc2)c1. The lowest BCUT2D eigenvalue weighted by molar-refractivity contribution is 0.147. The van der Waals surface area contributed by atoms with Gasteiger partial charge < -0.3 is 34.2 Å². The second-order valence-corrected chi connectivity index (χ2v) is 14.0. The molecule has 1 aliphatic heterocycles. The first-order valence-corrected chi connectivity index (χ1v) is 19.3. The smallest absolute Gasteiger partial charge is 0.203 e. The van der Waals surface area contributed by atoms with Crippen LogP contribution in [0.3, 0.4) is 0 Å². The third-order valence-corrected chi connectivity index (χ3v) is 9.78. The van der Waals surface area contributed by atoms with Crippen molar-refractivity contribution in [2.24, 2.45) is 5.73 Å². The van der Waals surface area contributed by atoms with Crippen molar-refractivity contribution < 1.29 is 28.4 Å². The normalized spacial score (nSPS) is 14.5. The Kier molecular flexibility index (Phi) is 11.9. The molecule has 7 aromatic carbocycles. The predicted molar refractivity (Wildman–Crippen MR) is 222 cm³/mol. The van der Waals surface area contributed by atoms with E-state index in [-0.39, 0.29) is 0 Å². The highest BCUT2D eigenvalue weighted by molar-refractivity contribution is 5.57. The minimum absolute atomic E-state index is 0.327. The van der Waals surface area contributed by atoms with Crippen molar-refractivity contribution in [3.05, 3.63) is 215 Å². The molecule has 1 aliphatic rings. The Morgan fingerprint density at radius 2 is 0.825 bits per heavy atom. The van der Waals surface area contributed by atoms with Crippen LogP contribution in [0.5, 0.6) is 34.5 Å². The summed E-state index contributed by atoms with van der Waals surface area (Å²) >= 11 is 0. The molecule has 8 rings (SSSR count). The van der Waals surface area contributed by atoms with Gasteiger partial charge in [-0.3, -0.25) is 0 Å². The molecule has 1 heterocycles. The van der Waals surface area contributed by atoms with Gasteiger partial charge in [-0.1, -0.05) is 152 Å². The van der Waals surface area contributed by atoms with Gasteiger partial charge >= 0.3 is 0 Å². The van der Waals surface area contributed by atoms with Gasteiger partial charge in [0.05, 0.1) is 6.04 Å². The van der Waals surface area contributed by atoms with E-state index >= 15 is 0 Å². The van der Waals surface area contributed by atoms with Crippen LogP contribution in [0.1, 0.15) is 45.0 Å². The number of hydrogen-bond donors (Lipinski definition) is 1. The van der Waals surface area contributed by atoms with Crippen molar-refractivity contribution in [3.63, 3.8) is 0 Å². The van der Waals surface area contributed by atoms with E-state index in [0.717, 1.165) is 38.9 Å². The Hall–Kier alpha value is -6.70. The van der Waals surface area contributed by atoms with Crippen molar-refractivity contribution in [3.8, 4) is 34.5 Å². The fraction of sp³-hybridized carbons (Fsp3) is 0.160. The van der Waals surface area contributed by atoms with Gasteiger partial charge in [-0.15, -0.1) is 0 Å². The van der Waals surface area contributed by atoms with Gasteiger partial charge in [-0.25, -0.2) is 0 Å². The van der Waals surface area contributed by atoms with Gasteiger partial charge in [0.25, 0.3) is 0 Å². The molecule has 7 nitrogen and oxygen atoms in total. The molecule has 0 bridgehead atoms. The summed E-state index contributed by atoms with van der Waals surface area (Å²) in [7, 11) is 0. The predicted octanol–water partition coefficient (Wildman–Crippen LogP) is 10.6. The van der Waals surface area contributed by atoms with E-state index in [4.69, 9.17) is 34.2 Å². The fourth-order valence-electron chi connectivity index (χ4n) is 6.79. The van der Waals surface area contributed by atoms with E-state index in [1.807, 2.05) is 176 Å². The zero-order chi connectivity index (χ0) is 38.7. The highest BCUT2D eigenvalue weighted by Gasteiger charge is 2.33. The molecule has 0 aliphatic carbocycles. The Balaban J connectivity index is 1.15. The first-order chi connectivity index (χ1) is 28.1. The van der Waals surface area contributed by atoms with Crippen molar-refractivity contribution in [1.29, 1.82) is 0 Å². The number of nitrogens with two attached hydrogens (primary N) is 1. The van der Waals surface area contributed by atoms with E-state index in [1.165, 1.54) is 0 Å². The van der Waals surface area contributed by atoms with Crippen molar-refractivity contribution in [2.45, 2.75) is 51.6 Å². The summed E-state index contributed by atoms with van der Waals surface area (Å²) < 4.78 is 39.4. The van der Waals surface area contributed by atoms with Gasteiger partial charge in [0.2, 0.25) is 5.75 Å². The zero-order valence-electron chi connectivity index (χ0n) is 31.7. The molecule has 0 fully saturated rings. The quantitative estimate of drug-likeness (QED) is 0.105. The monoisotopic (exact) mass is 755 g/mol. The molecule has 0 unspecified atom stereocenters. The summed E-state index contributed by atoms with van der Waals surface area (Å²) in [5, 5.41) is 0. The minimum atomic E-state index is -0.551. The van der Waals surface area contributed by atoms with Crippen LogP contribution in [0.2, 0.25) is 0 Å². The van der Waals surface area contributed by atoms with Crippen molar-refractivity contribution >= 4 is 0 Å². The summed E-state index contributed by atoms with van der Waals surface area (Å²) in [5.74, 6) is 3.54. The molecule has 0 aromatic heterocycles. The van der Waals surface area contributed by atoms with Crippen LogP contribution in [0, 0.1) is 0 Å². The van der Waals surface area contributed by atoms with Crippen molar-refractivity contribution in [1.82, 2.24) is 0 Å². The molecular formula is C50H45NO6. The first-order valence-electron chi connectivity index (χ1n) is 19.3. The van der Waals surface area contributed by atoms with E-state index in [0.29, 0.717) is 74.0 Å². The summed E-state index contributed by atoms with van der Waals surface area (Å²) in [5.41, 5.74) is 13.9. The van der Waals surface area contributed by atoms with Crippen LogP contribution in [-0.2, 0) is 39.5 Å². The van der Waals surface area contributed by atoms with Gasteiger partial charge in [0.1, 0.15) is 56.4 Å². The van der Waals surface area contributed by atoms with Crippen LogP contribution in [0.4, 0.5) is 0 Å². The minimum Gasteiger partial charge on any atom is -0.489 e. The summed E-state index contributed by atoms with van der Waals surface area (Å²) in [6.45, 7) is 1.77. The molecule has 2 atom stereocenters. The van der Waals surface area contributed by atoms with E-state index in [2.05, 4.69) is 0 Å². The molecule has 2 N–H and O–H groups in total. The number of rotatable bonds is 16. The average molecular weight is 756 g/mol. The third kappa shape index (κ3) is 9.76. The Labute approximate surface area is 334 Å². The maximum Gasteiger partial charge on any atom is 0.203 e. The largest absolute Gasteiger partial charge is 0.489 e. The molecular weight excluding hydrogens is 711 g/mol. The maximum absolute atomic E-state index is 7.05. The van der Waals surface area contributed by atoms with Crippen LogP contribution in [-0.4, -0.2) is 6.04 Å². The molecule has 0 radical (unpaired) electrons. The lowest BCUT2D eigenvalue weighted by Crippen LogP contribution is -2.37. The molecule has 57 heavy (non-hydrogen) atoms. The van der Waals surface area contributed by atoms with Crippen LogP contribution < -0.4 is 34.2 Å². The number of hydrogen-bond acceptors (Lipinski definition) is 7. The highest BCUT2D eigenvalue weighted by atomic mass is 16.5. The van der Waals surface area contributed by atoms with Gasteiger partial charge in [-0.05, 0) is 46.4 Å². The van der Waals surface area contributed by atoms with Crippen LogP contribution >= 0.6 is 0 Å². The Morgan fingerprint density at radius 3 is 1.26 bits per heavy atom. The van der Waals surface area contributed by atoms with Crippen LogP contribution in [0.25, 0.3) is 0 Å². The van der Waals surface area contributed by atoms with E-state index < -0.39 is 12.1 Å². The van der Waals surface area contributed by atoms with Crippen molar-refractivity contribution in [2.75, 3.05) is 0 Å². The van der Waals surface area contributed by atoms with E-state index in [9.17, 15) is 0 Å². The topological polar surface area (TPSA) is 81.4 Å². The number of fused-ring (bicyclic) bond motifs is 1. The number of benzene rings is 7. The molecule has 286 valence electrons. The second-order valence-electron chi connectivity index (χ2n) is 14.0. The maximum atomic E-state index is 7.05.